The molecule has 0 fully saturated rings. The molecule has 2 rings (SSSR count). The second kappa shape index (κ2) is 15.0. The van der Waals surface area contributed by atoms with E-state index in [1.54, 1.807) is 0 Å². The molecule has 0 saturated carbocycles. The molecular weight excluding hydrogens is 372 g/mol. The van der Waals surface area contributed by atoms with Gasteiger partial charge in [0.15, 0.2) is 0 Å². The average molecular weight is 413 g/mol. The van der Waals surface area contributed by atoms with Gasteiger partial charge in [-0.2, -0.15) is 0 Å². The van der Waals surface area contributed by atoms with Gasteiger partial charge in [0.05, 0.1) is 12.7 Å². The molecule has 0 amide bonds. The fourth-order valence-corrected chi connectivity index (χ4v) is 3.38. The molecule has 1 atom stereocenters. The van der Waals surface area contributed by atoms with Gasteiger partial charge < -0.3 is 4.74 Å². The topological polar surface area (TPSA) is 27.7 Å². The number of unbranched alkanes of at least 4 members (excludes halogenated alkanes) is 6. The van der Waals surface area contributed by atoms with Crippen LogP contribution in [0, 0.1) is 0 Å². The van der Waals surface area contributed by atoms with Crippen LogP contribution in [0.4, 0.5) is 0 Å². The van der Waals surface area contributed by atoms with Crippen molar-refractivity contribution in [2.75, 3.05) is 6.61 Å². The minimum Gasteiger partial charge on any atom is -0.494 e. The largest absolute Gasteiger partial charge is 0.494 e. The zero-order valence-corrected chi connectivity index (χ0v) is 19.2. The Morgan fingerprint density at radius 1 is 0.700 bits per heavy atom. The molecule has 2 aromatic rings. The van der Waals surface area contributed by atoms with E-state index in [4.69, 9.17) is 14.5 Å². The van der Waals surface area contributed by atoms with Crippen molar-refractivity contribution < 1.29 is 14.5 Å². The maximum Gasteiger partial charge on any atom is 0.119 e. The molecular formula is C27H40O3. The van der Waals surface area contributed by atoms with Gasteiger partial charge in [-0.1, -0.05) is 95.2 Å². The van der Waals surface area contributed by atoms with Crippen LogP contribution in [-0.2, 0) is 16.4 Å². The first-order chi connectivity index (χ1) is 14.7. The Morgan fingerprint density at radius 2 is 1.30 bits per heavy atom. The van der Waals surface area contributed by atoms with E-state index in [9.17, 15) is 0 Å². The van der Waals surface area contributed by atoms with Crippen LogP contribution in [0.3, 0.4) is 0 Å². The summed E-state index contributed by atoms with van der Waals surface area (Å²) in [7, 11) is 0. The smallest absolute Gasteiger partial charge is 0.119 e. The number of benzene rings is 2. The van der Waals surface area contributed by atoms with Crippen LogP contribution >= 0.6 is 0 Å². The Bertz CT molecular complexity index is 664. The van der Waals surface area contributed by atoms with Crippen LogP contribution in [0.1, 0.15) is 84.1 Å². The number of hydrogen-bond donors (Lipinski definition) is 0. The van der Waals surface area contributed by atoms with Crippen LogP contribution < -0.4 is 4.74 Å². The molecule has 0 aliphatic rings. The van der Waals surface area contributed by atoms with Gasteiger partial charge >= 0.3 is 0 Å². The quantitative estimate of drug-likeness (QED) is 0.158. The fourth-order valence-electron chi connectivity index (χ4n) is 3.38. The molecule has 0 heterocycles. The van der Waals surface area contributed by atoms with Crippen LogP contribution in [0.5, 0.6) is 5.75 Å². The van der Waals surface area contributed by atoms with Crippen LogP contribution in [0.2, 0.25) is 0 Å². The SMILES string of the molecule is CCCCCCOc1ccc(-c2ccc(COOC(C)CCCCCC)cc2)cc1. The summed E-state index contributed by atoms with van der Waals surface area (Å²) in [6.45, 7) is 7.81. The average Bonchev–Trinajstić information content (AvgIpc) is 2.78. The summed E-state index contributed by atoms with van der Waals surface area (Å²) in [4.78, 5) is 10.9. The third-order valence-electron chi connectivity index (χ3n) is 5.33. The van der Waals surface area contributed by atoms with Gasteiger partial charge in [0.2, 0.25) is 0 Å². The van der Waals surface area contributed by atoms with Crippen molar-refractivity contribution >= 4 is 0 Å². The van der Waals surface area contributed by atoms with Crippen LogP contribution in [0.25, 0.3) is 11.1 Å². The van der Waals surface area contributed by atoms with Crippen molar-refractivity contribution in [1.29, 1.82) is 0 Å². The highest BCUT2D eigenvalue weighted by atomic mass is 17.2. The molecule has 0 N–H and O–H groups in total. The summed E-state index contributed by atoms with van der Waals surface area (Å²) in [5, 5.41) is 0. The molecule has 0 aliphatic carbocycles. The van der Waals surface area contributed by atoms with Gasteiger partial charge in [-0.15, -0.1) is 0 Å². The Balaban J connectivity index is 1.70. The van der Waals surface area contributed by atoms with Crippen LogP contribution in [-0.4, -0.2) is 12.7 Å². The van der Waals surface area contributed by atoms with E-state index in [0.29, 0.717) is 6.61 Å². The summed E-state index contributed by atoms with van der Waals surface area (Å²) < 4.78 is 5.83. The van der Waals surface area contributed by atoms with E-state index in [1.807, 2.05) is 0 Å². The highest BCUT2D eigenvalue weighted by Gasteiger charge is 2.04. The standard InChI is InChI=1S/C27H40O3/c1-4-6-8-10-12-23(3)30-29-22-24-13-15-25(16-14-24)26-17-19-27(20-18-26)28-21-11-9-7-5-2/h13-20,23H,4-12,21-22H2,1-3H3. The van der Waals surface area contributed by atoms with Gasteiger partial charge in [0, 0.05) is 0 Å². The van der Waals surface area contributed by atoms with Crippen molar-refractivity contribution in [3.05, 3.63) is 54.1 Å². The third-order valence-corrected chi connectivity index (χ3v) is 5.33. The van der Waals surface area contributed by atoms with Crippen LogP contribution in [0.15, 0.2) is 48.5 Å². The Hall–Kier alpha value is -1.84. The minimum absolute atomic E-state index is 0.147. The van der Waals surface area contributed by atoms with E-state index >= 15 is 0 Å². The molecule has 30 heavy (non-hydrogen) atoms. The lowest BCUT2D eigenvalue weighted by atomic mass is 10.0. The Morgan fingerprint density at radius 3 is 1.93 bits per heavy atom. The molecule has 166 valence electrons. The van der Waals surface area contributed by atoms with E-state index in [-0.39, 0.29) is 6.10 Å². The zero-order chi connectivity index (χ0) is 21.4. The van der Waals surface area contributed by atoms with E-state index in [2.05, 4.69) is 69.3 Å². The third kappa shape index (κ3) is 9.77. The van der Waals surface area contributed by atoms with E-state index < -0.39 is 0 Å². The van der Waals surface area contributed by atoms with Gasteiger partial charge in [0.1, 0.15) is 12.4 Å². The zero-order valence-electron chi connectivity index (χ0n) is 19.2. The highest BCUT2D eigenvalue weighted by molar-refractivity contribution is 5.64. The summed E-state index contributed by atoms with van der Waals surface area (Å²) in [6.07, 6.45) is 11.2. The molecule has 3 heteroatoms. The molecule has 3 nitrogen and oxygen atoms in total. The monoisotopic (exact) mass is 412 g/mol. The molecule has 0 aliphatic heterocycles. The summed E-state index contributed by atoms with van der Waals surface area (Å²) in [5.41, 5.74) is 3.50. The van der Waals surface area contributed by atoms with E-state index in [1.165, 1.54) is 56.1 Å². The lowest BCUT2D eigenvalue weighted by Gasteiger charge is -2.12. The molecule has 0 radical (unpaired) electrons. The van der Waals surface area contributed by atoms with Crippen molar-refractivity contribution in [2.45, 2.75) is 91.3 Å². The predicted molar refractivity (Wildman–Crippen MR) is 126 cm³/mol. The number of rotatable bonds is 16. The molecule has 0 aromatic heterocycles. The normalized spacial score (nSPS) is 12.1. The number of ether oxygens (including phenoxy) is 1. The number of hydrogen-bond acceptors (Lipinski definition) is 3. The molecule has 0 saturated heterocycles. The molecule has 0 bridgehead atoms. The lowest BCUT2D eigenvalue weighted by Crippen LogP contribution is -2.08. The van der Waals surface area contributed by atoms with Gasteiger partial charge in [-0.05, 0) is 48.6 Å². The second-order valence-electron chi connectivity index (χ2n) is 8.15. The fraction of sp³-hybridized carbons (Fsp3) is 0.556. The first-order valence-electron chi connectivity index (χ1n) is 11.8. The van der Waals surface area contributed by atoms with Gasteiger partial charge in [-0.3, -0.25) is 0 Å². The minimum atomic E-state index is 0.147. The second-order valence-corrected chi connectivity index (χ2v) is 8.15. The summed E-state index contributed by atoms with van der Waals surface area (Å²) in [6, 6.07) is 16.8. The molecule has 1 unspecified atom stereocenters. The maximum atomic E-state index is 5.83. The Labute approximate surface area is 183 Å². The highest BCUT2D eigenvalue weighted by Crippen LogP contribution is 2.23. The molecule has 0 spiro atoms. The van der Waals surface area contributed by atoms with Gasteiger partial charge in [0.25, 0.3) is 0 Å². The first-order valence-corrected chi connectivity index (χ1v) is 11.8. The molecule has 2 aromatic carbocycles. The van der Waals surface area contributed by atoms with E-state index in [0.717, 1.165) is 30.8 Å². The lowest BCUT2D eigenvalue weighted by molar-refractivity contribution is -0.330. The Kier molecular flexibility index (Phi) is 12.2. The maximum absolute atomic E-state index is 5.83. The summed E-state index contributed by atoms with van der Waals surface area (Å²) in [5.74, 6) is 0.946. The predicted octanol–water partition coefficient (Wildman–Crippen LogP) is 8.12. The van der Waals surface area contributed by atoms with Crippen molar-refractivity contribution in [1.82, 2.24) is 0 Å². The summed E-state index contributed by atoms with van der Waals surface area (Å²) >= 11 is 0. The van der Waals surface area contributed by atoms with Crippen molar-refractivity contribution in [2.24, 2.45) is 0 Å². The van der Waals surface area contributed by atoms with Gasteiger partial charge in [-0.25, -0.2) is 9.78 Å². The van der Waals surface area contributed by atoms with Crippen molar-refractivity contribution in [3.8, 4) is 16.9 Å². The first kappa shape index (κ1) is 24.4. The van der Waals surface area contributed by atoms with Crippen molar-refractivity contribution in [3.63, 3.8) is 0 Å².